The lowest BCUT2D eigenvalue weighted by Crippen LogP contribution is -2.03. The van der Waals surface area contributed by atoms with Gasteiger partial charge in [-0.2, -0.15) is 0 Å². The first-order valence-corrected chi connectivity index (χ1v) is 6.11. The molecule has 1 N–H and O–H groups in total. The summed E-state index contributed by atoms with van der Waals surface area (Å²) in [7, 11) is 0. The fourth-order valence-electron chi connectivity index (χ4n) is 1.36. The van der Waals surface area contributed by atoms with Gasteiger partial charge in [0.25, 0.3) is 0 Å². The number of thiazole rings is 1. The van der Waals surface area contributed by atoms with Crippen LogP contribution in [0.5, 0.6) is 0 Å². The van der Waals surface area contributed by atoms with Crippen LogP contribution in [0, 0.1) is 6.92 Å². The first-order valence-electron chi connectivity index (χ1n) is 5.23. The van der Waals surface area contributed by atoms with E-state index in [9.17, 15) is 0 Å². The molecule has 0 saturated heterocycles. The zero-order chi connectivity index (χ0) is 11.4. The first kappa shape index (κ1) is 11.0. The SMILES string of the molecule is CCc1cc(NCc2csc(C)n2)ncn1. The van der Waals surface area contributed by atoms with Gasteiger partial charge in [0, 0.05) is 17.1 Å². The molecule has 2 aromatic heterocycles. The summed E-state index contributed by atoms with van der Waals surface area (Å²) in [6.45, 7) is 4.80. The second kappa shape index (κ2) is 5.03. The lowest BCUT2D eigenvalue weighted by atomic mass is 10.3. The van der Waals surface area contributed by atoms with E-state index < -0.39 is 0 Å². The summed E-state index contributed by atoms with van der Waals surface area (Å²) in [6, 6.07) is 1.97. The van der Waals surface area contributed by atoms with Crippen LogP contribution in [0.4, 0.5) is 5.82 Å². The van der Waals surface area contributed by atoms with Crippen LogP contribution in [0.3, 0.4) is 0 Å². The fourth-order valence-corrected chi connectivity index (χ4v) is 1.97. The number of hydrogen-bond donors (Lipinski definition) is 1. The minimum absolute atomic E-state index is 0.713. The van der Waals surface area contributed by atoms with E-state index in [1.165, 1.54) is 0 Å². The molecule has 0 amide bonds. The zero-order valence-electron chi connectivity index (χ0n) is 9.40. The molecule has 0 spiro atoms. The largest absolute Gasteiger partial charge is 0.364 e. The van der Waals surface area contributed by atoms with Crippen molar-refractivity contribution in [3.63, 3.8) is 0 Å². The molecule has 0 aliphatic rings. The average molecular weight is 234 g/mol. The van der Waals surface area contributed by atoms with Gasteiger partial charge in [-0.3, -0.25) is 0 Å². The van der Waals surface area contributed by atoms with Gasteiger partial charge in [-0.1, -0.05) is 6.92 Å². The summed E-state index contributed by atoms with van der Waals surface area (Å²) in [4.78, 5) is 12.7. The molecular formula is C11H14N4S. The molecule has 0 bridgehead atoms. The van der Waals surface area contributed by atoms with Crippen LogP contribution in [0.1, 0.15) is 23.3 Å². The molecule has 2 heterocycles. The lowest BCUT2D eigenvalue weighted by molar-refractivity contribution is 0.977. The van der Waals surface area contributed by atoms with Crippen LogP contribution in [-0.2, 0) is 13.0 Å². The zero-order valence-corrected chi connectivity index (χ0v) is 10.2. The number of anilines is 1. The van der Waals surface area contributed by atoms with E-state index in [1.54, 1.807) is 17.7 Å². The van der Waals surface area contributed by atoms with Crippen molar-refractivity contribution in [1.82, 2.24) is 15.0 Å². The van der Waals surface area contributed by atoms with E-state index in [0.717, 1.165) is 28.6 Å². The summed E-state index contributed by atoms with van der Waals surface area (Å²) < 4.78 is 0. The average Bonchev–Trinajstić information content (AvgIpc) is 2.73. The summed E-state index contributed by atoms with van der Waals surface area (Å²) in [6.07, 6.45) is 2.51. The summed E-state index contributed by atoms with van der Waals surface area (Å²) in [5, 5.41) is 6.39. The number of aromatic nitrogens is 3. The molecule has 2 aromatic rings. The number of nitrogens with one attached hydrogen (secondary N) is 1. The maximum absolute atomic E-state index is 4.38. The Morgan fingerprint density at radius 3 is 2.88 bits per heavy atom. The van der Waals surface area contributed by atoms with Crippen LogP contribution in [0.25, 0.3) is 0 Å². The minimum Gasteiger partial charge on any atom is -0.364 e. The Morgan fingerprint density at radius 2 is 2.19 bits per heavy atom. The Bertz CT molecular complexity index is 467. The van der Waals surface area contributed by atoms with Crippen LogP contribution in [0.2, 0.25) is 0 Å². The van der Waals surface area contributed by atoms with Crippen molar-refractivity contribution in [1.29, 1.82) is 0 Å². The van der Waals surface area contributed by atoms with Crippen molar-refractivity contribution < 1.29 is 0 Å². The molecule has 0 aliphatic carbocycles. The first-order chi connectivity index (χ1) is 7.78. The Hall–Kier alpha value is -1.49. The molecule has 4 nitrogen and oxygen atoms in total. The van der Waals surface area contributed by atoms with E-state index >= 15 is 0 Å². The van der Waals surface area contributed by atoms with Crippen LogP contribution < -0.4 is 5.32 Å². The summed E-state index contributed by atoms with van der Waals surface area (Å²) in [5.74, 6) is 0.859. The molecule has 0 radical (unpaired) electrons. The highest BCUT2D eigenvalue weighted by atomic mass is 32.1. The monoisotopic (exact) mass is 234 g/mol. The van der Waals surface area contributed by atoms with Crippen LogP contribution >= 0.6 is 11.3 Å². The standard InChI is InChI=1S/C11H14N4S/c1-3-9-4-11(14-7-13-9)12-5-10-6-16-8(2)15-10/h4,6-7H,3,5H2,1-2H3,(H,12,13,14). The van der Waals surface area contributed by atoms with Crippen molar-refractivity contribution >= 4 is 17.2 Å². The highest BCUT2D eigenvalue weighted by Crippen LogP contribution is 2.10. The van der Waals surface area contributed by atoms with E-state index in [0.29, 0.717) is 6.54 Å². The third-order valence-electron chi connectivity index (χ3n) is 2.20. The maximum atomic E-state index is 4.38. The maximum Gasteiger partial charge on any atom is 0.129 e. The van der Waals surface area contributed by atoms with Gasteiger partial charge >= 0.3 is 0 Å². The predicted octanol–water partition coefficient (Wildman–Crippen LogP) is 2.42. The highest BCUT2D eigenvalue weighted by molar-refractivity contribution is 7.09. The Labute approximate surface area is 98.8 Å². The van der Waals surface area contributed by atoms with Gasteiger partial charge in [-0.15, -0.1) is 11.3 Å². The second-order valence-electron chi connectivity index (χ2n) is 3.46. The van der Waals surface area contributed by atoms with E-state index in [4.69, 9.17) is 0 Å². The normalized spacial score (nSPS) is 10.4. The molecule has 0 saturated carbocycles. The van der Waals surface area contributed by atoms with Gasteiger partial charge in [0.05, 0.1) is 17.2 Å². The van der Waals surface area contributed by atoms with Crippen LogP contribution in [0.15, 0.2) is 17.8 Å². The quantitative estimate of drug-likeness (QED) is 0.882. The molecule has 16 heavy (non-hydrogen) atoms. The molecule has 0 fully saturated rings. The fraction of sp³-hybridized carbons (Fsp3) is 0.364. The molecule has 84 valence electrons. The van der Waals surface area contributed by atoms with Crippen molar-refractivity contribution in [2.45, 2.75) is 26.8 Å². The van der Waals surface area contributed by atoms with Gasteiger partial charge < -0.3 is 5.32 Å². The van der Waals surface area contributed by atoms with Gasteiger partial charge in [-0.05, 0) is 13.3 Å². The van der Waals surface area contributed by atoms with E-state index in [2.05, 4.69) is 32.6 Å². The lowest BCUT2D eigenvalue weighted by Gasteiger charge is -2.04. The number of aryl methyl sites for hydroxylation is 2. The molecule has 0 unspecified atom stereocenters. The van der Waals surface area contributed by atoms with E-state index in [-0.39, 0.29) is 0 Å². The molecule has 0 atom stereocenters. The van der Waals surface area contributed by atoms with Gasteiger partial charge in [-0.25, -0.2) is 15.0 Å². The molecule has 5 heteroatoms. The van der Waals surface area contributed by atoms with Crippen molar-refractivity contribution in [2.24, 2.45) is 0 Å². The van der Waals surface area contributed by atoms with Gasteiger partial charge in [0.2, 0.25) is 0 Å². The summed E-state index contributed by atoms with van der Waals surface area (Å²) >= 11 is 1.66. The topological polar surface area (TPSA) is 50.7 Å². The van der Waals surface area contributed by atoms with Crippen LogP contribution in [-0.4, -0.2) is 15.0 Å². The van der Waals surface area contributed by atoms with Crippen molar-refractivity contribution in [3.8, 4) is 0 Å². The molecular weight excluding hydrogens is 220 g/mol. The Balaban J connectivity index is 1.99. The molecule has 0 aromatic carbocycles. The van der Waals surface area contributed by atoms with Crippen molar-refractivity contribution in [2.75, 3.05) is 5.32 Å². The highest BCUT2D eigenvalue weighted by Gasteiger charge is 2.00. The molecule has 2 rings (SSSR count). The number of nitrogens with zero attached hydrogens (tertiary/aromatic N) is 3. The third kappa shape index (κ3) is 2.76. The number of hydrogen-bond acceptors (Lipinski definition) is 5. The Morgan fingerprint density at radius 1 is 1.31 bits per heavy atom. The smallest absolute Gasteiger partial charge is 0.129 e. The predicted molar refractivity (Wildman–Crippen MR) is 65.6 cm³/mol. The number of rotatable bonds is 4. The Kier molecular flexibility index (Phi) is 3.46. The minimum atomic E-state index is 0.713. The second-order valence-corrected chi connectivity index (χ2v) is 4.52. The van der Waals surface area contributed by atoms with Crippen molar-refractivity contribution in [3.05, 3.63) is 34.2 Å². The summed E-state index contributed by atoms with van der Waals surface area (Å²) in [5.41, 5.74) is 2.10. The van der Waals surface area contributed by atoms with Gasteiger partial charge in [0.15, 0.2) is 0 Å². The van der Waals surface area contributed by atoms with E-state index in [1.807, 2.05) is 13.0 Å². The molecule has 0 aliphatic heterocycles. The third-order valence-corrected chi connectivity index (χ3v) is 3.03. The van der Waals surface area contributed by atoms with Gasteiger partial charge in [0.1, 0.15) is 12.1 Å².